The number of nitrogens with zero attached hydrogens (tertiary/aromatic N) is 1. The summed E-state index contributed by atoms with van der Waals surface area (Å²) in [6, 6.07) is 10.8. The third-order valence-corrected chi connectivity index (χ3v) is 5.49. The van der Waals surface area contributed by atoms with Gasteiger partial charge in [-0.3, -0.25) is 4.79 Å². The molecule has 6 nitrogen and oxygen atoms in total. The molecular weight excluding hydrogens is 435 g/mol. The molecule has 0 amide bonds. The van der Waals surface area contributed by atoms with Crippen molar-refractivity contribution in [1.82, 2.24) is 4.98 Å². The fourth-order valence-corrected chi connectivity index (χ4v) is 4.15. The standard InChI is InChI=1S/C17H18Cl2N2O4S.ClH/c18-15-8-13(9-16(19)21-15)10-25-17(22)14(20)6-7-26(23,24)11-12-4-2-1-3-5-12;/h1-5,8-9,14H,6-7,10-11,20H2;1H/t14-;/m0./s1. The molecular formula is C17H19Cl3N2O4S. The zero-order chi connectivity index (χ0) is 19.2. The average molecular weight is 454 g/mol. The number of pyridine rings is 1. The topological polar surface area (TPSA) is 99.4 Å². The monoisotopic (exact) mass is 452 g/mol. The van der Waals surface area contributed by atoms with Crippen LogP contribution in [0.5, 0.6) is 0 Å². The van der Waals surface area contributed by atoms with Gasteiger partial charge in [-0.25, -0.2) is 13.4 Å². The van der Waals surface area contributed by atoms with Crippen LogP contribution in [0.2, 0.25) is 10.3 Å². The van der Waals surface area contributed by atoms with E-state index in [1.807, 2.05) is 6.07 Å². The number of nitrogens with two attached hydrogens (primary N) is 1. The van der Waals surface area contributed by atoms with E-state index in [-0.39, 0.29) is 47.2 Å². The lowest BCUT2D eigenvalue weighted by Crippen LogP contribution is -2.34. The van der Waals surface area contributed by atoms with E-state index in [0.717, 1.165) is 0 Å². The van der Waals surface area contributed by atoms with Gasteiger partial charge in [0.2, 0.25) is 0 Å². The lowest BCUT2D eigenvalue weighted by atomic mass is 10.2. The molecule has 27 heavy (non-hydrogen) atoms. The Hall–Kier alpha value is -1.38. The van der Waals surface area contributed by atoms with Gasteiger partial charge in [0, 0.05) is 0 Å². The van der Waals surface area contributed by atoms with Gasteiger partial charge >= 0.3 is 5.97 Å². The fourth-order valence-electron chi connectivity index (χ4n) is 2.18. The van der Waals surface area contributed by atoms with E-state index in [1.165, 1.54) is 12.1 Å². The highest BCUT2D eigenvalue weighted by Crippen LogP contribution is 2.15. The van der Waals surface area contributed by atoms with Gasteiger partial charge in [-0.2, -0.15) is 0 Å². The summed E-state index contributed by atoms with van der Waals surface area (Å²) in [6.45, 7) is -0.0781. The van der Waals surface area contributed by atoms with Crippen LogP contribution in [0.4, 0.5) is 0 Å². The third-order valence-electron chi connectivity index (χ3n) is 3.48. The Morgan fingerprint density at radius 2 is 1.70 bits per heavy atom. The molecule has 1 atom stereocenters. The summed E-state index contributed by atoms with van der Waals surface area (Å²) < 4.78 is 29.4. The molecule has 1 aromatic carbocycles. The number of hydrogen-bond acceptors (Lipinski definition) is 6. The molecule has 148 valence electrons. The molecule has 0 bridgehead atoms. The molecule has 0 aliphatic rings. The van der Waals surface area contributed by atoms with Crippen molar-refractivity contribution < 1.29 is 17.9 Å². The van der Waals surface area contributed by atoms with Crippen LogP contribution in [0, 0.1) is 0 Å². The molecule has 1 aromatic heterocycles. The van der Waals surface area contributed by atoms with Gasteiger partial charge in [0.15, 0.2) is 9.84 Å². The van der Waals surface area contributed by atoms with Crippen LogP contribution >= 0.6 is 35.6 Å². The maximum absolute atomic E-state index is 12.1. The molecule has 0 aliphatic carbocycles. The zero-order valence-electron chi connectivity index (χ0n) is 14.2. The summed E-state index contributed by atoms with van der Waals surface area (Å²) in [5, 5.41) is 0.361. The van der Waals surface area contributed by atoms with Gasteiger partial charge < -0.3 is 10.5 Å². The van der Waals surface area contributed by atoms with Gasteiger partial charge in [-0.05, 0) is 29.7 Å². The van der Waals surface area contributed by atoms with E-state index >= 15 is 0 Å². The lowest BCUT2D eigenvalue weighted by molar-refractivity contribution is -0.146. The summed E-state index contributed by atoms with van der Waals surface area (Å²) in [6.07, 6.45) is -0.0220. The maximum atomic E-state index is 12.1. The molecule has 0 spiro atoms. The molecule has 10 heteroatoms. The summed E-state index contributed by atoms with van der Waals surface area (Å²) in [4.78, 5) is 15.7. The number of sulfone groups is 1. The molecule has 0 radical (unpaired) electrons. The fraction of sp³-hybridized carbons (Fsp3) is 0.294. The number of carbonyl (C=O) groups is 1. The summed E-state index contributed by atoms with van der Waals surface area (Å²) >= 11 is 11.5. The van der Waals surface area contributed by atoms with Crippen molar-refractivity contribution in [3.63, 3.8) is 0 Å². The molecule has 2 N–H and O–H groups in total. The van der Waals surface area contributed by atoms with E-state index < -0.39 is 21.8 Å². The van der Waals surface area contributed by atoms with E-state index in [1.54, 1.807) is 24.3 Å². The molecule has 0 saturated carbocycles. The van der Waals surface area contributed by atoms with Crippen molar-refractivity contribution >= 4 is 51.4 Å². The molecule has 0 aliphatic heterocycles. The molecule has 2 rings (SSSR count). The first kappa shape index (κ1) is 23.7. The van der Waals surface area contributed by atoms with Crippen LogP contribution in [0.25, 0.3) is 0 Å². The van der Waals surface area contributed by atoms with Gasteiger partial charge in [-0.1, -0.05) is 53.5 Å². The highest BCUT2D eigenvalue weighted by molar-refractivity contribution is 7.90. The van der Waals surface area contributed by atoms with Crippen LogP contribution in [0.3, 0.4) is 0 Å². The second-order valence-electron chi connectivity index (χ2n) is 5.70. The summed E-state index contributed by atoms with van der Waals surface area (Å²) in [7, 11) is -3.37. The minimum atomic E-state index is -3.37. The average Bonchev–Trinajstić information content (AvgIpc) is 2.57. The van der Waals surface area contributed by atoms with Crippen LogP contribution < -0.4 is 5.73 Å². The smallest absolute Gasteiger partial charge is 0.323 e. The van der Waals surface area contributed by atoms with Gasteiger partial charge in [0.05, 0.1) is 11.5 Å². The minimum absolute atomic E-state index is 0. The van der Waals surface area contributed by atoms with Gasteiger partial charge in [-0.15, -0.1) is 12.4 Å². The summed E-state index contributed by atoms with van der Waals surface area (Å²) in [5.74, 6) is -0.988. The first-order valence-electron chi connectivity index (χ1n) is 7.74. The highest BCUT2D eigenvalue weighted by atomic mass is 35.5. The van der Waals surface area contributed by atoms with E-state index in [2.05, 4.69) is 4.98 Å². The SMILES string of the molecule is Cl.N[C@@H](CCS(=O)(=O)Cc1ccccc1)C(=O)OCc1cc(Cl)nc(Cl)c1. The predicted octanol–water partition coefficient (Wildman–Crippen LogP) is 3.19. The maximum Gasteiger partial charge on any atom is 0.323 e. The normalized spacial score (nSPS) is 12.1. The van der Waals surface area contributed by atoms with E-state index in [4.69, 9.17) is 33.7 Å². The number of aromatic nitrogens is 1. The van der Waals surface area contributed by atoms with Crippen molar-refractivity contribution in [3.05, 3.63) is 63.9 Å². The van der Waals surface area contributed by atoms with Gasteiger partial charge in [0.1, 0.15) is 23.0 Å². The number of hydrogen-bond donors (Lipinski definition) is 1. The Bertz CT molecular complexity index is 843. The largest absolute Gasteiger partial charge is 0.460 e. The number of halogens is 3. The third kappa shape index (κ3) is 8.45. The number of ether oxygens (including phenoxy) is 1. The second-order valence-corrected chi connectivity index (χ2v) is 8.66. The van der Waals surface area contributed by atoms with E-state index in [9.17, 15) is 13.2 Å². The van der Waals surface area contributed by atoms with Crippen molar-refractivity contribution in [2.24, 2.45) is 5.73 Å². The van der Waals surface area contributed by atoms with Crippen molar-refractivity contribution in [2.45, 2.75) is 24.8 Å². The van der Waals surface area contributed by atoms with Gasteiger partial charge in [0.25, 0.3) is 0 Å². The van der Waals surface area contributed by atoms with Crippen molar-refractivity contribution in [1.29, 1.82) is 0 Å². The molecule has 0 unspecified atom stereocenters. The van der Waals surface area contributed by atoms with Crippen LogP contribution in [-0.4, -0.2) is 31.2 Å². The predicted molar refractivity (Wildman–Crippen MR) is 108 cm³/mol. The Morgan fingerprint density at radius 1 is 1.11 bits per heavy atom. The first-order chi connectivity index (χ1) is 12.2. The Kier molecular flexibility index (Phi) is 9.49. The molecule has 0 fully saturated rings. The zero-order valence-corrected chi connectivity index (χ0v) is 17.3. The number of rotatable bonds is 8. The molecule has 2 aromatic rings. The Morgan fingerprint density at radius 3 is 2.30 bits per heavy atom. The van der Waals surface area contributed by atoms with Crippen molar-refractivity contribution in [2.75, 3.05) is 5.75 Å². The number of carbonyl (C=O) groups excluding carboxylic acids is 1. The minimum Gasteiger partial charge on any atom is -0.460 e. The highest BCUT2D eigenvalue weighted by Gasteiger charge is 2.20. The van der Waals surface area contributed by atoms with E-state index in [0.29, 0.717) is 11.1 Å². The summed E-state index contributed by atoms with van der Waals surface area (Å²) in [5.41, 5.74) is 6.99. The van der Waals surface area contributed by atoms with Crippen LogP contribution in [-0.2, 0) is 31.7 Å². The Balaban J connectivity index is 0.00000364. The quantitative estimate of drug-likeness (QED) is 0.487. The lowest BCUT2D eigenvalue weighted by Gasteiger charge is -2.12. The molecule has 0 saturated heterocycles. The first-order valence-corrected chi connectivity index (χ1v) is 10.3. The van der Waals surface area contributed by atoms with Crippen molar-refractivity contribution in [3.8, 4) is 0 Å². The second kappa shape index (κ2) is 10.8. The molecule has 1 heterocycles. The Labute approximate surface area is 174 Å². The number of benzene rings is 1. The van der Waals surface area contributed by atoms with Crippen LogP contribution in [0.1, 0.15) is 17.5 Å². The number of esters is 1. The van der Waals surface area contributed by atoms with Crippen LogP contribution in [0.15, 0.2) is 42.5 Å².